The minimum Gasteiger partial charge on any atom is -0.394 e. The van der Waals surface area contributed by atoms with Crippen molar-refractivity contribution in [3.05, 3.63) is 24.2 Å². The molecule has 0 amide bonds. The zero-order valence-electron chi connectivity index (χ0n) is 8.97. The predicted molar refractivity (Wildman–Crippen MR) is 66.7 cm³/mol. The number of nitrogens with two attached hydrogens (primary N) is 1. The highest BCUT2D eigenvalue weighted by molar-refractivity contribution is 7.99. The quantitative estimate of drug-likeness (QED) is 0.819. The molecule has 1 saturated heterocycles. The van der Waals surface area contributed by atoms with Gasteiger partial charge in [0.2, 0.25) is 0 Å². The number of aromatic nitrogens is 3. The first kappa shape index (κ1) is 9.96. The van der Waals surface area contributed by atoms with Gasteiger partial charge in [-0.2, -0.15) is 16.9 Å². The van der Waals surface area contributed by atoms with E-state index in [1.807, 2.05) is 18.0 Å². The van der Waals surface area contributed by atoms with Gasteiger partial charge >= 0.3 is 0 Å². The first-order valence-corrected chi connectivity index (χ1v) is 6.66. The third-order valence-electron chi connectivity index (χ3n) is 3.04. The Kier molecular flexibility index (Phi) is 2.47. The summed E-state index contributed by atoms with van der Waals surface area (Å²) >= 11 is 2.03. The molecule has 16 heavy (non-hydrogen) atoms. The summed E-state index contributed by atoms with van der Waals surface area (Å²) in [5, 5.41) is 4.20. The van der Waals surface area contributed by atoms with Gasteiger partial charge in [0.1, 0.15) is 0 Å². The zero-order chi connectivity index (χ0) is 11.0. The van der Waals surface area contributed by atoms with E-state index in [0.717, 1.165) is 5.65 Å². The van der Waals surface area contributed by atoms with Crippen molar-refractivity contribution in [2.45, 2.75) is 18.8 Å². The molecule has 0 saturated carbocycles. The molecule has 3 heterocycles. The topological polar surface area (TPSA) is 56.2 Å². The number of rotatable bonds is 1. The molecule has 1 unspecified atom stereocenters. The van der Waals surface area contributed by atoms with Crippen molar-refractivity contribution in [2.75, 3.05) is 17.2 Å². The number of hydrogen-bond acceptors (Lipinski definition) is 4. The summed E-state index contributed by atoms with van der Waals surface area (Å²) in [6.45, 7) is 0. The SMILES string of the molecule is Nc1cnn2cc(C3CCCSC3)cnc12. The third kappa shape index (κ3) is 1.65. The monoisotopic (exact) mass is 234 g/mol. The van der Waals surface area contributed by atoms with Crippen LogP contribution in [0.25, 0.3) is 5.65 Å². The van der Waals surface area contributed by atoms with Crippen LogP contribution in [0.5, 0.6) is 0 Å². The maximum Gasteiger partial charge on any atom is 0.178 e. The summed E-state index contributed by atoms with van der Waals surface area (Å²) in [4.78, 5) is 4.38. The Morgan fingerprint density at radius 2 is 2.38 bits per heavy atom. The largest absolute Gasteiger partial charge is 0.394 e. The van der Waals surface area contributed by atoms with Crippen LogP contribution in [0, 0.1) is 0 Å². The minimum absolute atomic E-state index is 0.626. The standard InChI is InChI=1S/C11H14N4S/c12-10-5-14-15-6-9(4-13-11(10)15)8-2-1-3-16-7-8/h4-6,8H,1-3,7,12H2. The smallest absolute Gasteiger partial charge is 0.178 e. The van der Waals surface area contributed by atoms with Gasteiger partial charge in [-0.1, -0.05) is 0 Å². The highest BCUT2D eigenvalue weighted by atomic mass is 32.2. The summed E-state index contributed by atoms with van der Waals surface area (Å²) in [6.07, 6.45) is 8.23. The number of nitrogen functional groups attached to an aromatic ring is 1. The number of thioether (sulfide) groups is 1. The zero-order valence-corrected chi connectivity index (χ0v) is 9.78. The molecule has 0 radical (unpaired) electrons. The fraction of sp³-hybridized carbons (Fsp3) is 0.455. The Balaban J connectivity index is 1.97. The fourth-order valence-electron chi connectivity index (χ4n) is 2.12. The summed E-state index contributed by atoms with van der Waals surface area (Å²) in [6, 6.07) is 0. The maximum absolute atomic E-state index is 5.75. The Hall–Kier alpha value is -1.23. The van der Waals surface area contributed by atoms with Gasteiger partial charge in [0, 0.05) is 18.1 Å². The fourth-order valence-corrected chi connectivity index (χ4v) is 3.30. The molecule has 2 aromatic heterocycles. The molecule has 84 valence electrons. The van der Waals surface area contributed by atoms with E-state index in [4.69, 9.17) is 5.73 Å². The minimum atomic E-state index is 0.626. The van der Waals surface area contributed by atoms with Crippen LogP contribution in [0.15, 0.2) is 18.6 Å². The molecule has 5 heteroatoms. The van der Waals surface area contributed by atoms with Crippen LogP contribution in [-0.2, 0) is 0 Å². The van der Waals surface area contributed by atoms with Crippen LogP contribution in [0.2, 0.25) is 0 Å². The maximum atomic E-state index is 5.75. The van der Waals surface area contributed by atoms with Gasteiger partial charge in [-0.05, 0) is 30.1 Å². The molecule has 2 N–H and O–H groups in total. The molecule has 1 atom stereocenters. The van der Waals surface area contributed by atoms with Crippen molar-refractivity contribution in [3.8, 4) is 0 Å². The van der Waals surface area contributed by atoms with Gasteiger partial charge in [-0.3, -0.25) is 0 Å². The predicted octanol–water partition coefficient (Wildman–Crippen LogP) is 1.92. The van der Waals surface area contributed by atoms with E-state index in [9.17, 15) is 0 Å². The van der Waals surface area contributed by atoms with E-state index in [-0.39, 0.29) is 0 Å². The van der Waals surface area contributed by atoms with Crippen LogP contribution in [-0.4, -0.2) is 26.1 Å². The molecule has 0 aromatic carbocycles. The summed E-state index contributed by atoms with van der Waals surface area (Å²) < 4.78 is 1.78. The first-order valence-electron chi connectivity index (χ1n) is 5.51. The molecule has 1 aliphatic heterocycles. The van der Waals surface area contributed by atoms with Gasteiger partial charge in [0.15, 0.2) is 5.65 Å². The second-order valence-corrected chi connectivity index (χ2v) is 5.32. The number of nitrogens with zero attached hydrogens (tertiary/aromatic N) is 3. The van der Waals surface area contributed by atoms with Crippen molar-refractivity contribution < 1.29 is 0 Å². The average Bonchev–Trinajstić information content (AvgIpc) is 2.72. The van der Waals surface area contributed by atoms with E-state index in [1.165, 1.54) is 29.9 Å². The second-order valence-electron chi connectivity index (χ2n) is 4.17. The van der Waals surface area contributed by atoms with Crippen molar-refractivity contribution >= 4 is 23.1 Å². The van der Waals surface area contributed by atoms with Gasteiger partial charge in [-0.15, -0.1) is 0 Å². The van der Waals surface area contributed by atoms with Gasteiger partial charge in [-0.25, -0.2) is 9.50 Å². The lowest BCUT2D eigenvalue weighted by atomic mass is 9.99. The Morgan fingerprint density at radius 3 is 3.19 bits per heavy atom. The molecule has 0 bridgehead atoms. The van der Waals surface area contributed by atoms with E-state index in [0.29, 0.717) is 11.6 Å². The first-order chi connectivity index (χ1) is 7.84. The molecule has 3 rings (SSSR count). The van der Waals surface area contributed by atoms with Gasteiger partial charge < -0.3 is 5.73 Å². The van der Waals surface area contributed by atoms with Crippen molar-refractivity contribution in [1.82, 2.24) is 14.6 Å². The Bertz CT molecular complexity index is 502. The van der Waals surface area contributed by atoms with E-state index >= 15 is 0 Å². The van der Waals surface area contributed by atoms with Gasteiger partial charge in [0.05, 0.1) is 11.9 Å². The molecule has 1 fully saturated rings. The highest BCUT2D eigenvalue weighted by Crippen LogP contribution is 2.30. The molecular formula is C11H14N4S. The van der Waals surface area contributed by atoms with E-state index < -0.39 is 0 Å². The Labute approximate surface area is 98.2 Å². The van der Waals surface area contributed by atoms with Crippen molar-refractivity contribution in [2.24, 2.45) is 0 Å². The third-order valence-corrected chi connectivity index (χ3v) is 4.25. The van der Waals surface area contributed by atoms with E-state index in [1.54, 1.807) is 10.7 Å². The number of anilines is 1. The highest BCUT2D eigenvalue weighted by Gasteiger charge is 2.17. The lowest BCUT2D eigenvalue weighted by Gasteiger charge is -2.21. The lowest BCUT2D eigenvalue weighted by Crippen LogP contribution is -2.10. The molecule has 0 spiro atoms. The molecule has 4 nitrogen and oxygen atoms in total. The summed E-state index contributed by atoms with van der Waals surface area (Å²) in [5.41, 5.74) is 8.43. The Morgan fingerprint density at radius 1 is 1.44 bits per heavy atom. The van der Waals surface area contributed by atoms with E-state index in [2.05, 4.69) is 16.3 Å². The summed E-state index contributed by atoms with van der Waals surface area (Å²) in [5.74, 6) is 3.12. The summed E-state index contributed by atoms with van der Waals surface area (Å²) in [7, 11) is 0. The van der Waals surface area contributed by atoms with Crippen LogP contribution in [0.3, 0.4) is 0 Å². The number of fused-ring (bicyclic) bond motifs is 1. The average molecular weight is 234 g/mol. The molecule has 0 aliphatic carbocycles. The molecule has 1 aliphatic rings. The number of hydrogen-bond donors (Lipinski definition) is 1. The van der Waals surface area contributed by atoms with Crippen LogP contribution in [0.4, 0.5) is 5.69 Å². The van der Waals surface area contributed by atoms with Gasteiger partial charge in [0.25, 0.3) is 0 Å². The molecule has 2 aromatic rings. The normalized spacial score (nSPS) is 21.4. The molecular weight excluding hydrogens is 220 g/mol. The lowest BCUT2D eigenvalue weighted by molar-refractivity contribution is 0.651. The van der Waals surface area contributed by atoms with Crippen LogP contribution in [0.1, 0.15) is 24.3 Å². The second kappa shape index (κ2) is 3.97. The van der Waals surface area contributed by atoms with Crippen molar-refractivity contribution in [1.29, 1.82) is 0 Å². The van der Waals surface area contributed by atoms with Crippen molar-refractivity contribution in [3.63, 3.8) is 0 Å². The van der Waals surface area contributed by atoms with Crippen LogP contribution < -0.4 is 5.73 Å². The van der Waals surface area contributed by atoms with Crippen LogP contribution >= 0.6 is 11.8 Å².